The van der Waals surface area contributed by atoms with E-state index in [0.717, 1.165) is 34.5 Å². The molecule has 0 fully saturated rings. The molecule has 3 aromatic rings. The predicted octanol–water partition coefficient (Wildman–Crippen LogP) is 4.93. The minimum Gasteiger partial charge on any atom is -0.481 e. The largest absolute Gasteiger partial charge is 0.481 e. The molecule has 3 aromatic carbocycles. The standard InChI is InChI=1S/C26H24ClN3O3/c1-28-15-17-4-10-20(11-5-17)29-25(18-7-2-16(3-8-18)6-13-23(31)32)24-21-12-9-19(27)14-22(21)30-26(24)33/h2-5,7-12,14,24,28H,6,13,15H2,1H3,(H,30,33)(H,31,32). The number of carbonyl (C=O) groups excluding carboxylic acids is 1. The Kier molecular flexibility index (Phi) is 6.87. The number of nitrogens with one attached hydrogen (secondary N) is 2. The first-order valence-electron chi connectivity index (χ1n) is 10.7. The van der Waals surface area contributed by atoms with Crippen molar-refractivity contribution < 1.29 is 14.7 Å². The fourth-order valence-corrected chi connectivity index (χ4v) is 4.10. The monoisotopic (exact) mass is 461 g/mol. The molecule has 1 aliphatic rings. The Labute approximate surface area is 197 Å². The third kappa shape index (κ3) is 5.30. The number of fused-ring (bicyclic) bond motifs is 1. The summed E-state index contributed by atoms with van der Waals surface area (Å²) < 4.78 is 0. The van der Waals surface area contributed by atoms with Gasteiger partial charge in [-0.3, -0.25) is 14.6 Å². The summed E-state index contributed by atoms with van der Waals surface area (Å²) in [4.78, 5) is 28.8. The first kappa shape index (κ1) is 22.7. The predicted molar refractivity (Wildman–Crippen MR) is 131 cm³/mol. The summed E-state index contributed by atoms with van der Waals surface area (Å²) in [5, 5.41) is 15.5. The van der Waals surface area contributed by atoms with Gasteiger partial charge >= 0.3 is 5.97 Å². The molecule has 7 heteroatoms. The van der Waals surface area contributed by atoms with E-state index in [1.165, 1.54) is 0 Å². The number of amides is 1. The Bertz CT molecular complexity index is 1200. The van der Waals surface area contributed by atoms with Crippen molar-refractivity contribution in [1.82, 2.24) is 5.32 Å². The van der Waals surface area contributed by atoms with Crippen molar-refractivity contribution in [2.24, 2.45) is 4.99 Å². The number of carboxylic acid groups (broad SMARTS) is 1. The van der Waals surface area contributed by atoms with Gasteiger partial charge in [-0.15, -0.1) is 0 Å². The van der Waals surface area contributed by atoms with Gasteiger partial charge in [0.2, 0.25) is 5.91 Å². The zero-order valence-electron chi connectivity index (χ0n) is 18.1. The first-order chi connectivity index (χ1) is 15.9. The molecule has 6 nitrogen and oxygen atoms in total. The van der Waals surface area contributed by atoms with E-state index in [9.17, 15) is 9.59 Å². The maximum atomic E-state index is 13.0. The highest BCUT2D eigenvalue weighted by Crippen LogP contribution is 2.37. The summed E-state index contributed by atoms with van der Waals surface area (Å²) in [6.45, 7) is 0.758. The zero-order chi connectivity index (χ0) is 23.4. The summed E-state index contributed by atoms with van der Waals surface area (Å²) in [5.74, 6) is -1.58. The van der Waals surface area contributed by atoms with Crippen LogP contribution in [0.5, 0.6) is 0 Å². The van der Waals surface area contributed by atoms with E-state index in [4.69, 9.17) is 21.7 Å². The Morgan fingerprint density at radius 1 is 1.06 bits per heavy atom. The van der Waals surface area contributed by atoms with Crippen molar-refractivity contribution in [3.63, 3.8) is 0 Å². The normalized spacial score (nSPS) is 15.3. The summed E-state index contributed by atoms with van der Waals surface area (Å²) in [7, 11) is 1.90. The molecule has 0 aliphatic carbocycles. The molecule has 1 atom stereocenters. The Hall–Kier alpha value is -3.48. The van der Waals surface area contributed by atoms with Crippen LogP contribution in [0, 0.1) is 0 Å². The van der Waals surface area contributed by atoms with Gasteiger partial charge in [0.1, 0.15) is 5.92 Å². The molecule has 3 N–H and O–H groups in total. The molecule has 1 heterocycles. The van der Waals surface area contributed by atoms with E-state index in [1.54, 1.807) is 12.1 Å². The molecular formula is C26H24ClN3O3. The van der Waals surface area contributed by atoms with E-state index < -0.39 is 11.9 Å². The number of benzene rings is 3. The SMILES string of the molecule is CNCc1ccc(N=C(c2ccc(CCC(=O)O)cc2)C2C(=O)Nc3cc(Cl)ccc32)cc1. The highest BCUT2D eigenvalue weighted by Gasteiger charge is 2.35. The number of hydrogen-bond acceptors (Lipinski definition) is 4. The number of hydrogen-bond donors (Lipinski definition) is 3. The average Bonchev–Trinajstić information content (AvgIpc) is 3.12. The lowest BCUT2D eigenvalue weighted by atomic mass is 9.90. The number of aliphatic carboxylic acids is 1. The van der Waals surface area contributed by atoms with Crippen molar-refractivity contribution >= 4 is 40.6 Å². The molecule has 168 valence electrons. The summed E-state index contributed by atoms with van der Waals surface area (Å²) in [6, 6.07) is 20.8. The van der Waals surface area contributed by atoms with Crippen LogP contribution in [-0.2, 0) is 22.6 Å². The summed E-state index contributed by atoms with van der Waals surface area (Å²) in [5.41, 5.74) is 5.74. The van der Waals surface area contributed by atoms with E-state index in [2.05, 4.69) is 10.6 Å². The molecule has 1 unspecified atom stereocenters. The van der Waals surface area contributed by atoms with Crippen molar-refractivity contribution in [2.75, 3.05) is 12.4 Å². The maximum absolute atomic E-state index is 13.0. The quantitative estimate of drug-likeness (QED) is 0.415. The van der Waals surface area contributed by atoms with Gasteiger partial charge in [0.05, 0.1) is 11.4 Å². The third-order valence-corrected chi connectivity index (χ3v) is 5.80. The minimum absolute atomic E-state index is 0.0679. The second kappa shape index (κ2) is 9.98. The molecule has 1 aliphatic heterocycles. The maximum Gasteiger partial charge on any atom is 0.303 e. The molecule has 0 aromatic heterocycles. The van der Waals surface area contributed by atoms with Gasteiger partial charge < -0.3 is 15.7 Å². The number of halogens is 1. The molecule has 1 amide bonds. The first-order valence-corrected chi connectivity index (χ1v) is 11.1. The zero-order valence-corrected chi connectivity index (χ0v) is 18.9. The van der Waals surface area contributed by atoms with Gasteiger partial charge in [-0.05, 0) is 60.0 Å². The lowest BCUT2D eigenvalue weighted by Gasteiger charge is -2.15. The van der Waals surface area contributed by atoms with Crippen LogP contribution < -0.4 is 10.6 Å². The molecule has 0 bridgehead atoms. The van der Waals surface area contributed by atoms with E-state index in [-0.39, 0.29) is 12.3 Å². The van der Waals surface area contributed by atoms with Crippen LogP contribution >= 0.6 is 11.6 Å². The number of anilines is 1. The van der Waals surface area contributed by atoms with Crippen molar-refractivity contribution in [3.05, 3.63) is 94.0 Å². The lowest BCUT2D eigenvalue weighted by Crippen LogP contribution is -2.22. The third-order valence-electron chi connectivity index (χ3n) is 5.56. The van der Waals surface area contributed by atoms with Crippen LogP contribution in [0.3, 0.4) is 0 Å². The second-order valence-corrected chi connectivity index (χ2v) is 8.37. The summed E-state index contributed by atoms with van der Waals surface area (Å²) in [6.07, 6.45) is 0.513. The van der Waals surface area contributed by atoms with E-state index in [1.807, 2.05) is 61.6 Å². The number of aliphatic imine (C=N–C) groups is 1. The van der Waals surface area contributed by atoms with Crippen LogP contribution in [0.25, 0.3) is 0 Å². The van der Waals surface area contributed by atoms with Gasteiger partial charge in [0, 0.05) is 23.7 Å². The van der Waals surface area contributed by atoms with Crippen LogP contribution in [0.2, 0.25) is 5.02 Å². The Morgan fingerprint density at radius 3 is 2.42 bits per heavy atom. The van der Waals surface area contributed by atoms with Gasteiger partial charge in [0.25, 0.3) is 0 Å². The molecule has 0 radical (unpaired) electrons. The van der Waals surface area contributed by atoms with E-state index >= 15 is 0 Å². The molecule has 4 rings (SSSR count). The Balaban J connectivity index is 1.75. The molecule has 0 saturated heterocycles. The Morgan fingerprint density at radius 2 is 1.76 bits per heavy atom. The minimum atomic E-state index is -0.832. The van der Waals surface area contributed by atoms with Crippen LogP contribution in [0.1, 0.15) is 34.6 Å². The molecule has 0 saturated carbocycles. The van der Waals surface area contributed by atoms with Gasteiger partial charge in [0.15, 0.2) is 0 Å². The molecule has 0 spiro atoms. The second-order valence-electron chi connectivity index (χ2n) is 7.94. The number of nitrogens with zero attached hydrogens (tertiary/aromatic N) is 1. The number of aryl methyl sites for hydroxylation is 1. The lowest BCUT2D eigenvalue weighted by molar-refractivity contribution is -0.137. The number of carbonyl (C=O) groups is 2. The van der Waals surface area contributed by atoms with E-state index in [0.29, 0.717) is 22.8 Å². The van der Waals surface area contributed by atoms with Gasteiger partial charge in [-0.1, -0.05) is 54.1 Å². The van der Waals surface area contributed by atoms with Crippen molar-refractivity contribution in [3.8, 4) is 0 Å². The smallest absolute Gasteiger partial charge is 0.303 e. The van der Waals surface area contributed by atoms with Crippen LogP contribution in [0.15, 0.2) is 71.7 Å². The number of carboxylic acids is 1. The fourth-order valence-electron chi connectivity index (χ4n) is 3.93. The van der Waals surface area contributed by atoms with Crippen LogP contribution in [0.4, 0.5) is 11.4 Å². The van der Waals surface area contributed by atoms with Crippen molar-refractivity contribution in [2.45, 2.75) is 25.3 Å². The molecular weight excluding hydrogens is 438 g/mol. The average molecular weight is 462 g/mol. The topological polar surface area (TPSA) is 90.8 Å². The molecule has 33 heavy (non-hydrogen) atoms. The van der Waals surface area contributed by atoms with Crippen LogP contribution in [-0.4, -0.2) is 29.7 Å². The highest BCUT2D eigenvalue weighted by molar-refractivity contribution is 6.31. The van der Waals surface area contributed by atoms with Crippen molar-refractivity contribution in [1.29, 1.82) is 0 Å². The van der Waals surface area contributed by atoms with Gasteiger partial charge in [-0.25, -0.2) is 0 Å². The van der Waals surface area contributed by atoms with Gasteiger partial charge in [-0.2, -0.15) is 0 Å². The highest BCUT2D eigenvalue weighted by atomic mass is 35.5. The summed E-state index contributed by atoms with van der Waals surface area (Å²) >= 11 is 6.13. The number of rotatable bonds is 8. The fraction of sp³-hybridized carbons (Fsp3) is 0.192.